The van der Waals surface area contributed by atoms with Gasteiger partial charge in [0.2, 0.25) is 0 Å². The highest BCUT2D eigenvalue weighted by molar-refractivity contribution is 9.10. The molecule has 0 heterocycles. The molecule has 4 heteroatoms. The molecule has 1 N–H and O–H groups in total. The Morgan fingerprint density at radius 3 is 2.53 bits per heavy atom. The van der Waals surface area contributed by atoms with Crippen molar-refractivity contribution >= 4 is 27.5 Å². The maximum absolute atomic E-state index is 13.6. The lowest BCUT2D eigenvalue weighted by atomic mass is 10.1. The number of hydrogen-bond donors (Lipinski definition) is 1. The molecule has 0 spiro atoms. The van der Waals surface area contributed by atoms with Crippen LogP contribution in [-0.4, -0.2) is 5.91 Å². The van der Waals surface area contributed by atoms with Crippen LogP contribution >= 0.6 is 15.9 Å². The number of aryl methyl sites for hydroxylation is 1. The SMILES string of the molecule is CCc1ccc(NC(=O)c2cc(Br)ccc2F)cc1. The van der Waals surface area contributed by atoms with Gasteiger partial charge in [-0.25, -0.2) is 4.39 Å². The molecule has 2 aromatic carbocycles. The number of hydrogen-bond acceptors (Lipinski definition) is 1. The van der Waals surface area contributed by atoms with Crippen LogP contribution in [0.4, 0.5) is 10.1 Å². The van der Waals surface area contributed by atoms with E-state index in [0.29, 0.717) is 10.2 Å². The molecule has 0 aromatic heterocycles. The highest BCUT2D eigenvalue weighted by Crippen LogP contribution is 2.17. The average molecular weight is 322 g/mol. The summed E-state index contributed by atoms with van der Waals surface area (Å²) in [6, 6.07) is 11.8. The number of carbonyl (C=O) groups excluding carboxylic acids is 1. The minimum Gasteiger partial charge on any atom is -0.322 e. The summed E-state index contributed by atoms with van der Waals surface area (Å²) in [5.41, 5.74) is 1.86. The van der Waals surface area contributed by atoms with Gasteiger partial charge in [-0.15, -0.1) is 0 Å². The summed E-state index contributed by atoms with van der Waals surface area (Å²) >= 11 is 3.22. The summed E-state index contributed by atoms with van der Waals surface area (Å²) < 4.78 is 14.2. The molecule has 0 saturated carbocycles. The van der Waals surface area contributed by atoms with Crippen molar-refractivity contribution in [3.8, 4) is 0 Å². The maximum Gasteiger partial charge on any atom is 0.258 e. The minimum absolute atomic E-state index is 0.0222. The third-order valence-electron chi connectivity index (χ3n) is 2.79. The van der Waals surface area contributed by atoms with Crippen molar-refractivity contribution in [1.29, 1.82) is 0 Å². The Morgan fingerprint density at radius 2 is 1.89 bits per heavy atom. The maximum atomic E-state index is 13.6. The van der Waals surface area contributed by atoms with Gasteiger partial charge >= 0.3 is 0 Å². The summed E-state index contributed by atoms with van der Waals surface area (Å²) in [4.78, 5) is 12.0. The molecule has 0 fully saturated rings. The van der Waals surface area contributed by atoms with E-state index >= 15 is 0 Å². The number of halogens is 2. The zero-order valence-corrected chi connectivity index (χ0v) is 12.0. The fourth-order valence-electron chi connectivity index (χ4n) is 1.69. The molecule has 0 unspecified atom stereocenters. The molecule has 2 rings (SSSR count). The molecule has 0 saturated heterocycles. The largest absolute Gasteiger partial charge is 0.322 e. The molecule has 0 aliphatic rings. The van der Waals surface area contributed by atoms with Crippen LogP contribution in [0.15, 0.2) is 46.9 Å². The first kappa shape index (κ1) is 13.7. The van der Waals surface area contributed by atoms with E-state index in [9.17, 15) is 9.18 Å². The standard InChI is InChI=1S/C15H13BrFNO/c1-2-10-3-6-12(7-4-10)18-15(19)13-9-11(16)5-8-14(13)17/h3-9H,2H2,1H3,(H,18,19). The highest BCUT2D eigenvalue weighted by Gasteiger charge is 2.12. The molecular formula is C15H13BrFNO. The van der Waals surface area contributed by atoms with Crippen molar-refractivity contribution in [2.75, 3.05) is 5.32 Å². The summed E-state index contributed by atoms with van der Waals surface area (Å²) in [6.07, 6.45) is 0.939. The van der Waals surface area contributed by atoms with E-state index in [-0.39, 0.29) is 5.56 Å². The van der Waals surface area contributed by atoms with Crippen molar-refractivity contribution in [2.45, 2.75) is 13.3 Å². The summed E-state index contributed by atoms with van der Waals surface area (Å²) in [5.74, 6) is -0.992. The lowest BCUT2D eigenvalue weighted by Gasteiger charge is -2.07. The summed E-state index contributed by atoms with van der Waals surface area (Å²) in [6.45, 7) is 2.06. The molecule has 98 valence electrons. The molecular weight excluding hydrogens is 309 g/mol. The highest BCUT2D eigenvalue weighted by atomic mass is 79.9. The van der Waals surface area contributed by atoms with Gasteiger partial charge in [0.1, 0.15) is 5.82 Å². The molecule has 0 aliphatic carbocycles. The third-order valence-corrected chi connectivity index (χ3v) is 3.29. The molecule has 19 heavy (non-hydrogen) atoms. The zero-order valence-electron chi connectivity index (χ0n) is 10.4. The summed E-state index contributed by atoms with van der Waals surface area (Å²) in [7, 11) is 0. The van der Waals surface area contributed by atoms with E-state index in [1.807, 2.05) is 24.3 Å². The van der Waals surface area contributed by atoms with Crippen LogP contribution in [0.25, 0.3) is 0 Å². The van der Waals surface area contributed by atoms with E-state index in [4.69, 9.17) is 0 Å². The van der Waals surface area contributed by atoms with Gasteiger partial charge in [-0.05, 0) is 42.3 Å². The second-order valence-corrected chi connectivity index (χ2v) is 5.04. The predicted molar refractivity (Wildman–Crippen MR) is 77.9 cm³/mol. The second kappa shape index (κ2) is 5.97. The molecule has 2 nitrogen and oxygen atoms in total. The molecule has 1 amide bonds. The lowest BCUT2D eigenvalue weighted by Crippen LogP contribution is -2.13. The Kier molecular flexibility index (Phi) is 4.32. The van der Waals surface area contributed by atoms with Gasteiger partial charge in [-0.1, -0.05) is 35.0 Å². The number of nitrogens with one attached hydrogen (secondary N) is 1. The van der Waals surface area contributed by atoms with Gasteiger partial charge in [0, 0.05) is 10.2 Å². The van der Waals surface area contributed by atoms with Gasteiger partial charge in [0.15, 0.2) is 0 Å². The number of benzene rings is 2. The Morgan fingerprint density at radius 1 is 1.21 bits per heavy atom. The number of anilines is 1. The van der Waals surface area contributed by atoms with Gasteiger partial charge in [-0.3, -0.25) is 4.79 Å². The number of rotatable bonds is 3. The third kappa shape index (κ3) is 3.41. The van der Waals surface area contributed by atoms with E-state index < -0.39 is 11.7 Å². The average Bonchev–Trinajstić information content (AvgIpc) is 2.42. The Labute approximate surface area is 119 Å². The minimum atomic E-state index is -0.536. The van der Waals surface area contributed by atoms with Crippen LogP contribution in [0.1, 0.15) is 22.8 Å². The molecule has 0 atom stereocenters. The van der Waals surface area contributed by atoms with E-state index in [1.54, 1.807) is 6.07 Å². The number of carbonyl (C=O) groups is 1. The Balaban J connectivity index is 2.18. The van der Waals surface area contributed by atoms with Gasteiger partial charge in [0.25, 0.3) is 5.91 Å². The van der Waals surface area contributed by atoms with Crippen LogP contribution in [0.2, 0.25) is 0 Å². The van der Waals surface area contributed by atoms with E-state index in [0.717, 1.165) is 6.42 Å². The predicted octanol–water partition coefficient (Wildman–Crippen LogP) is 4.40. The van der Waals surface area contributed by atoms with Crippen LogP contribution in [-0.2, 0) is 6.42 Å². The quantitative estimate of drug-likeness (QED) is 0.891. The Hall–Kier alpha value is -1.68. The fourth-order valence-corrected chi connectivity index (χ4v) is 2.05. The van der Waals surface area contributed by atoms with Gasteiger partial charge in [-0.2, -0.15) is 0 Å². The van der Waals surface area contributed by atoms with Crippen molar-refractivity contribution in [2.24, 2.45) is 0 Å². The molecule has 0 aliphatic heterocycles. The van der Waals surface area contributed by atoms with Crippen LogP contribution in [0.5, 0.6) is 0 Å². The van der Waals surface area contributed by atoms with Crippen LogP contribution in [0.3, 0.4) is 0 Å². The zero-order chi connectivity index (χ0) is 13.8. The van der Waals surface area contributed by atoms with E-state index in [2.05, 4.69) is 28.2 Å². The number of amides is 1. The topological polar surface area (TPSA) is 29.1 Å². The van der Waals surface area contributed by atoms with Gasteiger partial charge in [0.05, 0.1) is 5.56 Å². The van der Waals surface area contributed by atoms with Crippen molar-refractivity contribution in [1.82, 2.24) is 0 Å². The van der Waals surface area contributed by atoms with Crippen LogP contribution in [0, 0.1) is 5.82 Å². The van der Waals surface area contributed by atoms with Gasteiger partial charge < -0.3 is 5.32 Å². The first-order chi connectivity index (χ1) is 9.10. The van der Waals surface area contributed by atoms with Crippen molar-refractivity contribution in [3.05, 3.63) is 63.9 Å². The smallest absolute Gasteiger partial charge is 0.258 e. The van der Waals surface area contributed by atoms with E-state index in [1.165, 1.54) is 17.7 Å². The summed E-state index contributed by atoms with van der Waals surface area (Å²) in [5, 5.41) is 2.68. The van der Waals surface area contributed by atoms with Crippen molar-refractivity contribution < 1.29 is 9.18 Å². The Bertz CT molecular complexity index is 596. The molecule has 0 radical (unpaired) electrons. The molecule has 0 bridgehead atoms. The van der Waals surface area contributed by atoms with Crippen molar-refractivity contribution in [3.63, 3.8) is 0 Å². The first-order valence-corrected chi connectivity index (χ1v) is 6.75. The lowest BCUT2D eigenvalue weighted by molar-refractivity contribution is 0.102. The normalized spacial score (nSPS) is 10.3. The monoisotopic (exact) mass is 321 g/mol. The fraction of sp³-hybridized carbons (Fsp3) is 0.133. The second-order valence-electron chi connectivity index (χ2n) is 4.13. The first-order valence-electron chi connectivity index (χ1n) is 5.95. The van der Waals surface area contributed by atoms with Crippen LogP contribution < -0.4 is 5.32 Å². The molecule has 2 aromatic rings.